The molecule has 0 aromatic heterocycles. The van der Waals surface area contributed by atoms with Gasteiger partial charge in [0.1, 0.15) is 5.56 Å². The van der Waals surface area contributed by atoms with E-state index >= 15 is 0 Å². The van der Waals surface area contributed by atoms with Gasteiger partial charge in [0.25, 0.3) is 0 Å². The van der Waals surface area contributed by atoms with Gasteiger partial charge in [-0.05, 0) is 0 Å². The zero-order valence-electron chi connectivity index (χ0n) is 7.34. The number of hydrogen-bond acceptors (Lipinski definition) is 3. The number of halogens is 4. The van der Waals surface area contributed by atoms with Gasteiger partial charge in [0, 0.05) is 0 Å². The molecule has 1 aromatic carbocycles. The van der Waals surface area contributed by atoms with Crippen LogP contribution >= 0.6 is 0 Å². The van der Waals surface area contributed by atoms with Gasteiger partial charge < -0.3 is 15.3 Å². The molecule has 8 heteroatoms. The standard InChI is InChI=1S/C8H4F4O4/c9-3-1(7(13)14)4(10)6(12)2(5(3)11)8(15)16/h7,13-14H,(H,15,16). The maximum Gasteiger partial charge on any atom is 0.341 e. The van der Waals surface area contributed by atoms with Crippen molar-refractivity contribution in [2.45, 2.75) is 6.29 Å². The van der Waals surface area contributed by atoms with Gasteiger partial charge in [0.05, 0.1) is 5.56 Å². The van der Waals surface area contributed by atoms with Gasteiger partial charge in [-0.2, -0.15) is 0 Å². The number of carbonyl (C=O) groups is 1. The van der Waals surface area contributed by atoms with Crippen molar-refractivity contribution in [3.05, 3.63) is 34.4 Å². The SMILES string of the molecule is O=C(O)c1c(F)c(F)c(C(O)O)c(F)c1F. The quantitative estimate of drug-likeness (QED) is 0.408. The van der Waals surface area contributed by atoms with Crippen LogP contribution in [0, 0.1) is 23.3 Å². The predicted molar refractivity (Wildman–Crippen MR) is 40.4 cm³/mol. The van der Waals surface area contributed by atoms with Crippen molar-refractivity contribution in [1.29, 1.82) is 0 Å². The van der Waals surface area contributed by atoms with Crippen molar-refractivity contribution in [2.75, 3.05) is 0 Å². The molecule has 0 unspecified atom stereocenters. The highest BCUT2D eigenvalue weighted by Crippen LogP contribution is 2.27. The van der Waals surface area contributed by atoms with Crippen molar-refractivity contribution in [1.82, 2.24) is 0 Å². The third kappa shape index (κ3) is 1.72. The van der Waals surface area contributed by atoms with E-state index in [9.17, 15) is 22.4 Å². The Morgan fingerprint density at radius 2 is 1.31 bits per heavy atom. The lowest BCUT2D eigenvalue weighted by molar-refractivity contribution is -0.0485. The average Bonchev–Trinajstić information content (AvgIpc) is 2.14. The minimum Gasteiger partial charge on any atom is -0.477 e. The summed E-state index contributed by atoms with van der Waals surface area (Å²) < 4.78 is 51.8. The number of hydrogen-bond donors (Lipinski definition) is 3. The molecule has 16 heavy (non-hydrogen) atoms. The highest BCUT2D eigenvalue weighted by atomic mass is 19.2. The Labute approximate surface area is 85.4 Å². The van der Waals surface area contributed by atoms with E-state index in [0.717, 1.165) is 0 Å². The van der Waals surface area contributed by atoms with E-state index in [2.05, 4.69) is 0 Å². The van der Waals surface area contributed by atoms with Crippen molar-refractivity contribution in [3.8, 4) is 0 Å². The largest absolute Gasteiger partial charge is 0.477 e. The van der Waals surface area contributed by atoms with Crippen LogP contribution in [0.25, 0.3) is 0 Å². The number of aliphatic hydroxyl groups excluding tert-OH is 1. The molecule has 0 heterocycles. The maximum atomic E-state index is 12.9. The molecule has 4 nitrogen and oxygen atoms in total. The third-order valence-corrected chi connectivity index (χ3v) is 1.77. The Kier molecular flexibility index (Phi) is 3.15. The third-order valence-electron chi connectivity index (χ3n) is 1.77. The Morgan fingerprint density at radius 1 is 0.938 bits per heavy atom. The van der Waals surface area contributed by atoms with E-state index in [0.29, 0.717) is 0 Å². The van der Waals surface area contributed by atoms with E-state index < -0.39 is 46.7 Å². The van der Waals surface area contributed by atoms with Crippen molar-refractivity contribution >= 4 is 5.97 Å². The number of aliphatic hydroxyl groups is 2. The molecule has 88 valence electrons. The van der Waals surface area contributed by atoms with Crippen LogP contribution in [0.5, 0.6) is 0 Å². The fourth-order valence-electron chi connectivity index (χ4n) is 1.06. The van der Waals surface area contributed by atoms with Crippen LogP contribution in [0.2, 0.25) is 0 Å². The minimum atomic E-state index is -2.80. The Balaban J connectivity index is 3.70. The van der Waals surface area contributed by atoms with Gasteiger partial charge in [0.2, 0.25) is 0 Å². The van der Waals surface area contributed by atoms with Crippen LogP contribution in [-0.2, 0) is 0 Å². The first-order valence-corrected chi connectivity index (χ1v) is 3.74. The molecule has 0 amide bonds. The van der Waals surface area contributed by atoms with E-state index in [1.54, 1.807) is 0 Å². The highest BCUT2D eigenvalue weighted by Gasteiger charge is 2.31. The summed E-state index contributed by atoms with van der Waals surface area (Å²) in [7, 11) is 0. The summed E-state index contributed by atoms with van der Waals surface area (Å²) in [5, 5.41) is 25.2. The molecule has 1 aromatic rings. The molecule has 0 bridgehead atoms. The van der Waals surface area contributed by atoms with Crippen LogP contribution in [0.1, 0.15) is 22.2 Å². The molecule has 0 fully saturated rings. The first-order valence-electron chi connectivity index (χ1n) is 3.74. The summed E-state index contributed by atoms with van der Waals surface area (Å²) in [6, 6.07) is 0. The molecule has 3 N–H and O–H groups in total. The molecule has 0 saturated heterocycles. The van der Waals surface area contributed by atoms with E-state index in [1.807, 2.05) is 0 Å². The summed E-state index contributed by atoms with van der Waals surface area (Å²) >= 11 is 0. The fourth-order valence-corrected chi connectivity index (χ4v) is 1.06. The van der Waals surface area contributed by atoms with Gasteiger partial charge in [-0.3, -0.25) is 0 Å². The Bertz CT molecular complexity index is 429. The van der Waals surface area contributed by atoms with E-state index in [1.165, 1.54) is 0 Å². The van der Waals surface area contributed by atoms with Crippen LogP contribution in [0.3, 0.4) is 0 Å². The molecule has 0 radical (unpaired) electrons. The number of carboxylic acids is 1. The first-order chi connectivity index (χ1) is 7.29. The molecule has 0 aliphatic carbocycles. The van der Waals surface area contributed by atoms with Crippen molar-refractivity contribution in [3.63, 3.8) is 0 Å². The summed E-state index contributed by atoms with van der Waals surface area (Å²) in [5.74, 6) is -10.9. The second-order valence-electron chi connectivity index (χ2n) is 2.72. The highest BCUT2D eigenvalue weighted by molar-refractivity contribution is 5.88. The summed E-state index contributed by atoms with van der Waals surface area (Å²) in [4.78, 5) is 10.3. The van der Waals surface area contributed by atoms with Gasteiger partial charge in [0.15, 0.2) is 29.6 Å². The zero-order valence-corrected chi connectivity index (χ0v) is 7.34. The van der Waals surface area contributed by atoms with Crippen LogP contribution in [-0.4, -0.2) is 21.3 Å². The Morgan fingerprint density at radius 3 is 1.56 bits per heavy atom. The van der Waals surface area contributed by atoms with Gasteiger partial charge in [-0.1, -0.05) is 0 Å². The maximum absolute atomic E-state index is 12.9. The van der Waals surface area contributed by atoms with Crippen LogP contribution in [0.4, 0.5) is 17.6 Å². The lowest BCUT2D eigenvalue weighted by Gasteiger charge is -2.10. The van der Waals surface area contributed by atoms with Crippen molar-refractivity contribution < 1.29 is 37.7 Å². The number of benzene rings is 1. The second kappa shape index (κ2) is 4.06. The van der Waals surface area contributed by atoms with E-state index in [-0.39, 0.29) is 0 Å². The van der Waals surface area contributed by atoms with Gasteiger partial charge in [-0.15, -0.1) is 0 Å². The second-order valence-corrected chi connectivity index (χ2v) is 2.72. The molecule has 0 spiro atoms. The molecule has 1 rings (SSSR count). The topological polar surface area (TPSA) is 77.8 Å². The first kappa shape index (κ1) is 12.4. The summed E-state index contributed by atoms with van der Waals surface area (Å²) in [6.07, 6.45) is -2.80. The van der Waals surface area contributed by atoms with E-state index in [4.69, 9.17) is 15.3 Å². The zero-order chi connectivity index (χ0) is 12.6. The average molecular weight is 240 g/mol. The summed E-state index contributed by atoms with van der Waals surface area (Å²) in [6.45, 7) is 0. The monoisotopic (exact) mass is 240 g/mol. The molecular formula is C8H4F4O4. The number of carboxylic acid groups (broad SMARTS) is 1. The van der Waals surface area contributed by atoms with Crippen LogP contribution in [0.15, 0.2) is 0 Å². The van der Waals surface area contributed by atoms with Crippen molar-refractivity contribution in [2.24, 2.45) is 0 Å². The lowest BCUT2D eigenvalue weighted by Crippen LogP contribution is -2.15. The van der Waals surface area contributed by atoms with Crippen LogP contribution < -0.4 is 0 Å². The number of aromatic carboxylic acids is 1. The predicted octanol–water partition coefficient (Wildman–Crippen LogP) is 0.924. The summed E-state index contributed by atoms with van der Waals surface area (Å²) in [5.41, 5.74) is -3.51. The molecule has 0 saturated carbocycles. The fraction of sp³-hybridized carbons (Fsp3) is 0.125. The Hall–Kier alpha value is -1.67. The smallest absolute Gasteiger partial charge is 0.341 e. The molecule has 0 atom stereocenters. The molecular weight excluding hydrogens is 236 g/mol. The lowest BCUT2D eigenvalue weighted by atomic mass is 10.1. The minimum absolute atomic E-state index is 1.68. The van der Waals surface area contributed by atoms with Gasteiger partial charge in [-0.25, -0.2) is 22.4 Å². The molecule has 0 aliphatic heterocycles. The normalized spacial score (nSPS) is 10.9. The molecule has 0 aliphatic rings. The van der Waals surface area contributed by atoms with Gasteiger partial charge >= 0.3 is 5.97 Å². The number of rotatable bonds is 2.